The molecule has 0 saturated heterocycles. The monoisotopic (exact) mass is 453 g/mol. The van der Waals surface area contributed by atoms with Crippen LogP contribution in [0.2, 0.25) is 0 Å². The average Bonchev–Trinajstić information content (AvgIpc) is 2.69. The molecule has 1 fully saturated rings. The molecule has 2 N–H and O–H groups in total. The topological polar surface area (TPSA) is 135 Å². The minimum atomic E-state index is -3.97. The molecule has 2 aromatic rings. The second kappa shape index (κ2) is 8.80. The molecule has 0 unspecified atom stereocenters. The van der Waals surface area contributed by atoms with Crippen molar-refractivity contribution in [2.24, 2.45) is 0 Å². The van der Waals surface area contributed by atoms with Gasteiger partial charge in [0.2, 0.25) is 20.0 Å². The van der Waals surface area contributed by atoms with Gasteiger partial charge in [-0.2, -0.15) is 0 Å². The molecule has 3 rings (SSSR count). The number of nitro benzene ring substituents is 1. The van der Waals surface area contributed by atoms with Crippen molar-refractivity contribution in [3.05, 3.63) is 64.2 Å². The SMILES string of the molecule is Cc1ccc(S(=O)(=O)N[C@H]2CCCC[C@@H]2NS(=O)(=O)c2ccc([N+](=O)[O-])cc2)cc1. The van der Waals surface area contributed by atoms with Crippen LogP contribution < -0.4 is 9.44 Å². The van der Waals surface area contributed by atoms with E-state index in [1.807, 2.05) is 6.92 Å². The molecule has 0 radical (unpaired) electrons. The van der Waals surface area contributed by atoms with Crippen molar-refractivity contribution in [2.75, 3.05) is 0 Å². The van der Waals surface area contributed by atoms with Gasteiger partial charge in [-0.1, -0.05) is 30.5 Å². The van der Waals surface area contributed by atoms with E-state index >= 15 is 0 Å². The maximum atomic E-state index is 12.7. The predicted molar refractivity (Wildman–Crippen MR) is 111 cm³/mol. The number of hydrogen-bond donors (Lipinski definition) is 2. The summed E-state index contributed by atoms with van der Waals surface area (Å²) in [5.74, 6) is 0. The normalized spacial score (nSPS) is 20.0. The fraction of sp³-hybridized carbons (Fsp3) is 0.368. The molecular weight excluding hydrogens is 430 g/mol. The lowest BCUT2D eigenvalue weighted by Gasteiger charge is -2.32. The van der Waals surface area contributed by atoms with Gasteiger partial charge in [0.1, 0.15) is 0 Å². The van der Waals surface area contributed by atoms with E-state index in [0.717, 1.165) is 42.7 Å². The number of aryl methyl sites for hydroxylation is 1. The molecule has 0 spiro atoms. The van der Waals surface area contributed by atoms with Crippen molar-refractivity contribution >= 4 is 25.7 Å². The number of benzene rings is 2. The van der Waals surface area contributed by atoms with Crippen LogP contribution in [-0.4, -0.2) is 33.8 Å². The maximum absolute atomic E-state index is 12.7. The number of rotatable bonds is 7. The summed E-state index contributed by atoms with van der Waals surface area (Å²) in [6.07, 6.45) is 2.51. The van der Waals surface area contributed by atoms with E-state index in [0.29, 0.717) is 12.8 Å². The van der Waals surface area contributed by atoms with Gasteiger partial charge in [-0.25, -0.2) is 26.3 Å². The molecule has 0 aliphatic heterocycles. The van der Waals surface area contributed by atoms with Crippen LogP contribution in [0.15, 0.2) is 58.3 Å². The highest BCUT2D eigenvalue weighted by Gasteiger charge is 2.32. The Balaban J connectivity index is 1.78. The van der Waals surface area contributed by atoms with Gasteiger partial charge in [0.05, 0.1) is 14.7 Å². The van der Waals surface area contributed by atoms with E-state index in [9.17, 15) is 26.9 Å². The van der Waals surface area contributed by atoms with Gasteiger partial charge in [0.25, 0.3) is 5.69 Å². The van der Waals surface area contributed by atoms with E-state index in [-0.39, 0.29) is 15.5 Å². The van der Waals surface area contributed by atoms with E-state index in [1.165, 1.54) is 12.1 Å². The first-order valence-corrected chi connectivity index (χ1v) is 12.4. The van der Waals surface area contributed by atoms with Crippen molar-refractivity contribution in [3.63, 3.8) is 0 Å². The third kappa shape index (κ3) is 5.22. The number of nitrogens with zero attached hydrogens (tertiary/aromatic N) is 1. The first-order valence-electron chi connectivity index (χ1n) is 9.44. The smallest absolute Gasteiger partial charge is 0.258 e. The maximum Gasteiger partial charge on any atom is 0.269 e. The molecule has 11 heteroatoms. The summed E-state index contributed by atoms with van der Waals surface area (Å²) in [4.78, 5) is 10.2. The van der Waals surface area contributed by atoms with Crippen molar-refractivity contribution < 1.29 is 21.8 Å². The Hall–Kier alpha value is -2.34. The zero-order chi connectivity index (χ0) is 21.9. The highest BCUT2D eigenvalue weighted by molar-refractivity contribution is 7.90. The van der Waals surface area contributed by atoms with E-state index in [1.54, 1.807) is 12.1 Å². The van der Waals surface area contributed by atoms with Gasteiger partial charge in [0.15, 0.2) is 0 Å². The highest BCUT2D eigenvalue weighted by Crippen LogP contribution is 2.23. The molecule has 2 atom stereocenters. The molecule has 0 bridgehead atoms. The van der Waals surface area contributed by atoms with Crippen molar-refractivity contribution in [1.29, 1.82) is 0 Å². The van der Waals surface area contributed by atoms with Crippen LogP contribution in [0.5, 0.6) is 0 Å². The Kier molecular flexibility index (Phi) is 6.56. The molecule has 1 saturated carbocycles. The van der Waals surface area contributed by atoms with Gasteiger partial charge in [-0.05, 0) is 44.0 Å². The first kappa shape index (κ1) is 22.3. The van der Waals surface area contributed by atoms with Gasteiger partial charge in [-0.3, -0.25) is 10.1 Å². The van der Waals surface area contributed by atoms with Crippen LogP contribution in [0.3, 0.4) is 0 Å². The average molecular weight is 454 g/mol. The van der Waals surface area contributed by atoms with E-state index in [2.05, 4.69) is 9.44 Å². The van der Waals surface area contributed by atoms with Crippen LogP contribution in [0.4, 0.5) is 5.69 Å². The summed E-state index contributed by atoms with van der Waals surface area (Å²) in [7, 11) is -7.77. The fourth-order valence-corrected chi connectivity index (χ4v) is 6.03. The summed E-state index contributed by atoms with van der Waals surface area (Å²) in [6, 6.07) is 9.75. The van der Waals surface area contributed by atoms with Crippen LogP contribution in [-0.2, 0) is 20.0 Å². The second-order valence-corrected chi connectivity index (χ2v) is 10.7. The lowest BCUT2D eigenvalue weighted by atomic mass is 9.92. The lowest BCUT2D eigenvalue weighted by molar-refractivity contribution is -0.384. The molecule has 1 aliphatic carbocycles. The summed E-state index contributed by atoms with van der Waals surface area (Å²) >= 11 is 0. The largest absolute Gasteiger partial charge is 0.269 e. The number of nitrogens with one attached hydrogen (secondary N) is 2. The molecule has 2 aromatic carbocycles. The van der Waals surface area contributed by atoms with E-state index in [4.69, 9.17) is 0 Å². The molecular formula is C19H23N3O6S2. The number of non-ortho nitro benzene ring substituents is 1. The molecule has 0 aromatic heterocycles. The number of sulfonamides is 2. The zero-order valence-electron chi connectivity index (χ0n) is 16.3. The second-order valence-electron chi connectivity index (χ2n) is 7.30. The molecule has 0 amide bonds. The Morgan fingerprint density at radius 1 is 0.800 bits per heavy atom. The summed E-state index contributed by atoms with van der Waals surface area (Å²) in [5.41, 5.74) is 0.718. The van der Waals surface area contributed by atoms with Gasteiger partial charge < -0.3 is 0 Å². The van der Waals surface area contributed by atoms with Crippen molar-refractivity contribution in [3.8, 4) is 0 Å². The number of nitro groups is 1. The summed E-state index contributed by atoms with van der Waals surface area (Å²) in [5, 5.41) is 10.8. The third-order valence-corrected chi connectivity index (χ3v) is 8.08. The molecule has 162 valence electrons. The van der Waals surface area contributed by atoms with Gasteiger partial charge in [-0.15, -0.1) is 0 Å². The Morgan fingerprint density at radius 2 is 1.20 bits per heavy atom. The summed E-state index contributed by atoms with van der Waals surface area (Å²) < 4.78 is 56.2. The molecule has 1 aliphatic rings. The molecule has 30 heavy (non-hydrogen) atoms. The van der Waals surface area contributed by atoms with Gasteiger partial charge in [0, 0.05) is 24.2 Å². The zero-order valence-corrected chi connectivity index (χ0v) is 17.9. The number of hydrogen-bond acceptors (Lipinski definition) is 6. The minimum Gasteiger partial charge on any atom is -0.258 e. The standard InChI is InChI=1S/C19H23N3O6S2/c1-14-6-10-16(11-7-14)29(25,26)20-18-4-2-3-5-19(18)21-30(27,28)17-12-8-15(9-13-17)22(23)24/h6-13,18-21H,2-5H2,1H3/t18-,19-/m0/s1. The van der Waals surface area contributed by atoms with Crippen molar-refractivity contribution in [1.82, 2.24) is 9.44 Å². The Morgan fingerprint density at radius 3 is 1.60 bits per heavy atom. The Bertz CT molecular complexity index is 1110. The van der Waals surface area contributed by atoms with E-state index < -0.39 is 37.1 Å². The quantitative estimate of drug-likeness (QED) is 0.488. The minimum absolute atomic E-state index is 0.112. The summed E-state index contributed by atoms with van der Waals surface area (Å²) in [6.45, 7) is 1.86. The van der Waals surface area contributed by atoms with Crippen LogP contribution in [0, 0.1) is 17.0 Å². The molecule has 9 nitrogen and oxygen atoms in total. The first-order chi connectivity index (χ1) is 14.1. The third-order valence-electron chi connectivity index (χ3n) is 5.07. The van der Waals surface area contributed by atoms with Gasteiger partial charge >= 0.3 is 0 Å². The van der Waals surface area contributed by atoms with Crippen molar-refractivity contribution in [2.45, 2.75) is 54.5 Å². The highest BCUT2D eigenvalue weighted by atomic mass is 32.2. The Labute approximate surface area is 175 Å². The van der Waals surface area contributed by atoms with Crippen LogP contribution in [0.1, 0.15) is 31.2 Å². The molecule has 0 heterocycles. The predicted octanol–water partition coefficient (Wildman–Crippen LogP) is 2.47. The van der Waals surface area contributed by atoms with Crippen LogP contribution in [0.25, 0.3) is 0 Å². The van der Waals surface area contributed by atoms with Crippen LogP contribution >= 0.6 is 0 Å². The lowest BCUT2D eigenvalue weighted by Crippen LogP contribution is -2.52. The fourth-order valence-electron chi connectivity index (χ4n) is 3.41.